The molecule has 0 saturated heterocycles. The molecule has 2 amide bonds. The van der Waals surface area contributed by atoms with Crippen LogP contribution in [0.25, 0.3) is 0 Å². The number of nitrogens with one attached hydrogen (secondary N) is 1. The molecule has 0 unspecified atom stereocenters. The van der Waals surface area contributed by atoms with Crippen LogP contribution in [-0.2, 0) is 17.9 Å². The van der Waals surface area contributed by atoms with Gasteiger partial charge in [0.25, 0.3) is 5.91 Å². The van der Waals surface area contributed by atoms with Gasteiger partial charge in [-0.2, -0.15) is 0 Å². The molecular weight excluding hydrogens is 541 g/mol. The predicted octanol–water partition coefficient (Wildman–Crippen LogP) is 6.34. The predicted molar refractivity (Wildman–Crippen MR) is 166 cm³/mol. The highest BCUT2D eigenvalue weighted by Gasteiger charge is 2.44. The third-order valence-electron chi connectivity index (χ3n) is 8.09. The molecule has 0 aliphatic carbocycles. The van der Waals surface area contributed by atoms with Crippen LogP contribution in [0.1, 0.15) is 57.9 Å². The van der Waals surface area contributed by atoms with Crippen molar-refractivity contribution >= 4 is 11.8 Å². The Morgan fingerprint density at radius 1 is 0.907 bits per heavy atom. The SMILES string of the molecule is CCN(CCCNC(=O)[C@@H]1c2ccccc2C(=O)N(Cc2ccc(F)cc2)[C@H]1c1ccc(OC)cc1)Cc1ccccc1. The molecule has 4 aromatic rings. The molecular formula is C36H38FN3O3. The second kappa shape index (κ2) is 14.1. The Kier molecular flexibility index (Phi) is 9.84. The minimum atomic E-state index is -0.630. The largest absolute Gasteiger partial charge is 0.497 e. The molecule has 5 rings (SSSR count). The van der Waals surface area contributed by atoms with Gasteiger partial charge in [-0.25, -0.2) is 4.39 Å². The Balaban J connectivity index is 1.40. The van der Waals surface area contributed by atoms with Crippen LogP contribution in [-0.4, -0.2) is 48.4 Å². The smallest absolute Gasteiger partial charge is 0.255 e. The second-order valence-electron chi connectivity index (χ2n) is 10.8. The number of halogens is 1. The maximum atomic E-state index is 14.1. The van der Waals surface area contributed by atoms with E-state index in [9.17, 15) is 14.0 Å². The zero-order valence-electron chi connectivity index (χ0n) is 24.7. The lowest BCUT2D eigenvalue weighted by molar-refractivity contribution is -0.124. The Bertz CT molecular complexity index is 1510. The van der Waals surface area contributed by atoms with Gasteiger partial charge in [-0.05, 0) is 65.6 Å². The number of rotatable bonds is 12. The van der Waals surface area contributed by atoms with Crippen LogP contribution in [0.4, 0.5) is 4.39 Å². The van der Waals surface area contributed by atoms with E-state index < -0.39 is 12.0 Å². The van der Waals surface area contributed by atoms with Crippen molar-refractivity contribution in [3.05, 3.63) is 137 Å². The number of hydrogen-bond donors (Lipinski definition) is 1. The monoisotopic (exact) mass is 579 g/mol. The van der Waals surface area contributed by atoms with E-state index in [2.05, 4.69) is 41.4 Å². The molecule has 7 heteroatoms. The molecule has 6 nitrogen and oxygen atoms in total. The van der Waals surface area contributed by atoms with Crippen molar-refractivity contribution in [1.82, 2.24) is 15.1 Å². The average Bonchev–Trinajstić information content (AvgIpc) is 3.05. The number of benzene rings is 4. The summed E-state index contributed by atoms with van der Waals surface area (Å²) in [5.74, 6) is -0.573. The van der Waals surface area contributed by atoms with Gasteiger partial charge in [0.15, 0.2) is 0 Å². The van der Waals surface area contributed by atoms with E-state index in [1.807, 2.05) is 48.5 Å². The van der Waals surface area contributed by atoms with Crippen molar-refractivity contribution in [2.75, 3.05) is 26.7 Å². The summed E-state index contributed by atoms with van der Waals surface area (Å²) in [4.78, 5) is 32.2. The average molecular weight is 580 g/mol. The van der Waals surface area contributed by atoms with Crippen LogP contribution in [0.5, 0.6) is 5.75 Å². The number of ether oxygens (including phenoxy) is 1. The summed E-state index contributed by atoms with van der Waals surface area (Å²) in [5, 5.41) is 3.19. The van der Waals surface area contributed by atoms with Crippen molar-refractivity contribution in [2.45, 2.75) is 38.4 Å². The van der Waals surface area contributed by atoms with Crippen molar-refractivity contribution in [1.29, 1.82) is 0 Å². The molecule has 0 radical (unpaired) electrons. The van der Waals surface area contributed by atoms with Gasteiger partial charge >= 0.3 is 0 Å². The number of carbonyl (C=O) groups is 2. The lowest BCUT2D eigenvalue weighted by Crippen LogP contribution is -2.47. The van der Waals surface area contributed by atoms with E-state index in [0.29, 0.717) is 23.4 Å². The fourth-order valence-corrected chi connectivity index (χ4v) is 5.82. The Morgan fingerprint density at radius 2 is 1.60 bits per heavy atom. The van der Waals surface area contributed by atoms with Gasteiger partial charge in [-0.15, -0.1) is 0 Å². The lowest BCUT2D eigenvalue weighted by atomic mass is 9.79. The summed E-state index contributed by atoms with van der Waals surface area (Å²) < 4.78 is 19.1. The standard InChI is InChI=1S/C36H38FN3O3/c1-3-39(24-26-10-5-4-6-11-26)23-9-22-38-35(41)33-31-12-7-8-13-32(31)36(42)40(25-27-14-18-29(37)19-15-27)34(33)28-16-20-30(43-2)21-17-28/h4-8,10-21,33-34H,3,9,22-25H2,1-2H3,(H,38,41)/t33-,34+/m1/s1. The first-order chi connectivity index (χ1) is 21.0. The van der Waals surface area contributed by atoms with E-state index in [1.54, 1.807) is 30.2 Å². The van der Waals surface area contributed by atoms with Crippen LogP contribution >= 0.6 is 0 Å². The van der Waals surface area contributed by atoms with Crippen LogP contribution < -0.4 is 10.1 Å². The minimum Gasteiger partial charge on any atom is -0.497 e. The minimum absolute atomic E-state index is 0.129. The van der Waals surface area contributed by atoms with Gasteiger partial charge in [0.1, 0.15) is 11.6 Å². The summed E-state index contributed by atoms with van der Waals surface area (Å²) in [7, 11) is 1.60. The molecule has 0 bridgehead atoms. The normalized spacial score (nSPS) is 16.2. The molecule has 1 heterocycles. The summed E-state index contributed by atoms with van der Waals surface area (Å²) in [5.41, 5.74) is 4.09. The maximum absolute atomic E-state index is 14.1. The first-order valence-electron chi connectivity index (χ1n) is 14.8. The highest BCUT2D eigenvalue weighted by Crippen LogP contribution is 2.44. The first-order valence-corrected chi connectivity index (χ1v) is 14.8. The summed E-state index contributed by atoms with van der Waals surface area (Å²) in [6.07, 6.45) is 0.798. The van der Waals surface area contributed by atoms with E-state index in [0.717, 1.165) is 37.2 Å². The van der Waals surface area contributed by atoms with Gasteiger partial charge in [0.05, 0.1) is 19.1 Å². The molecule has 1 N–H and O–H groups in total. The molecule has 0 aromatic heterocycles. The fourth-order valence-electron chi connectivity index (χ4n) is 5.82. The summed E-state index contributed by atoms with van der Waals surface area (Å²) in [6, 6.07) is 30.8. The number of hydrogen-bond acceptors (Lipinski definition) is 4. The molecule has 0 fully saturated rings. The molecule has 222 valence electrons. The van der Waals surface area contributed by atoms with Gasteiger partial charge < -0.3 is 15.0 Å². The fraction of sp³-hybridized carbons (Fsp3) is 0.278. The third-order valence-corrected chi connectivity index (χ3v) is 8.09. The molecule has 1 aliphatic heterocycles. The van der Waals surface area contributed by atoms with E-state index >= 15 is 0 Å². The maximum Gasteiger partial charge on any atom is 0.255 e. The Labute approximate surface area is 253 Å². The number of fused-ring (bicyclic) bond motifs is 1. The molecule has 1 aliphatic rings. The van der Waals surface area contributed by atoms with E-state index in [1.165, 1.54) is 17.7 Å². The van der Waals surface area contributed by atoms with Crippen molar-refractivity contribution in [3.8, 4) is 5.75 Å². The number of carbonyl (C=O) groups excluding carboxylic acids is 2. The van der Waals surface area contributed by atoms with Gasteiger partial charge in [-0.3, -0.25) is 14.5 Å². The topological polar surface area (TPSA) is 61.9 Å². The Hall–Kier alpha value is -4.49. The second-order valence-corrected chi connectivity index (χ2v) is 10.8. The van der Waals surface area contributed by atoms with Crippen molar-refractivity contribution in [3.63, 3.8) is 0 Å². The molecule has 0 saturated carbocycles. The molecule has 4 aromatic carbocycles. The number of amides is 2. The van der Waals surface area contributed by atoms with E-state index in [4.69, 9.17) is 4.74 Å². The van der Waals surface area contributed by atoms with Crippen LogP contribution in [0.3, 0.4) is 0 Å². The zero-order valence-corrected chi connectivity index (χ0v) is 24.7. The van der Waals surface area contributed by atoms with Gasteiger partial charge in [0, 0.05) is 31.7 Å². The Morgan fingerprint density at radius 3 is 2.30 bits per heavy atom. The molecule has 2 atom stereocenters. The highest BCUT2D eigenvalue weighted by atomic mass is 19.1. The van der Waals surface area contributed by atoms with Gasteiger partial charge in [-0.1, -0.05) is 79.7 Å². The summed E-state index contributed by atoms with van der Waals surface area (Å²) >= 11 is 0. The lowest BCUT2D eigenvalue weighted by Gasteiger charge is -2.42. The highest BCUT2D eigenvalue weighted by molar-refractivity contribution is 6.01. The molecule has 43 heavy (non-hydrogen) atoms. The van der Waals surface area contributed by atoms with Crippen LogP contribution in [0.15, 0.2) is 103 Å². The van der Waals surface area contributed by atoms with Crippen molar-refractivity contribution in [2.24, 2.45) is 0 Å². The van der Waals surface area contributed by atoms with Crippen LogP contribution in [0, 0.1) is 5.82 Å². The van der Waals surface area contributed by atoms with Crippen molar-refractivity contribution < 1.29 is 18.7 Å². The zero-order chi connectivity index (χ0) is 30.2. The van der Waals surface area contributed by atoms with Gasteiger partial charge in [0.2, 0.25) is 5.91 Å². The summed E-state index contributed by atoms with van der Waals surface area (Å²) in [6.45, 7) is 5.53. The van der Waals surface area contributed by atoms with E-state index in [-0.39, 0.29) is 24.2 Å². The first kappa shape index (κ1) is 30.0. The number of methoxy groups -OCH3 is 1. The third kappa shape index (κ3) is 7.12. The van der Waals surface area contributed by atoms with Crippen LogP contribution in [0.2, 0.25) is 0 Å². The number of nitrogens with zero attached hydrogens (tertiary/aromatic N) is 2. The quantitative estimate of drug-likeness (QED) is 0.199. The molecule has 0 spiro atoms.